The molecule has 1 atom stereocenters. The van der Waals surface area contributed by atoms with Gasteiger partial charge in [-0.3, -0.25) is 0 Å². The first-order valence-electron chi connectivity index (χ1n) is 3.86. The predicted octanol–water partition coefficient (Wildman–Crippen LogP) is 1.39. The van der Waals surface area contributed by atoms with Crippen LogP contribution in [-0.2, 0) is 4.74 Å². The third-order valence-electron chi connectivity index (χ3n) is 1.31. The summed E-state index contributed by atoms with van der Waals surface area (Å²) in [5.41, 5.74) is 0. The quantitative estimate of drug-likeness (QED) is 0.572. The predicted molar refractivity (Wildman–Crippen MR) is 41.7 cm³/mol. The second kappa shape index (κ2) is 7.03. The van der Waals surface area contributed by atoms with Gasteiger partial charge in [0, 0.05) is 6.61 Å². The van der Waals surface area contributed by atoms with Crippen molar-refractivity contribution in [1.82, 2.24) is 0 Å². The van der Waals surface area contributed by atoms with E-state index in [-0.39, 0.29) is 12.7 Å². The summed E-state index contributed by atoms with van der Waals surface area (Å²) in [4.78, 5) is 0. The molecular weight excluding hydrogens is 128 g/mol. The van der Waals surface area contributed by atoms with Gasteiger partial charge in [0.1, 0.15) is 0 Å². The van der Waals surface area contributed by atoms with E-state index >= 15 is 0 Å². The summed E-state index contributed by atoms with van der Waals surface area (Å²) in [5.74, 6) is 0. The molecule has 0 spiro atoms. The molecule has 1 radical (unpaired) electrons. The van der Waals surface area contributed by atoms with Crippen LogP contribution in [0.3, 0.4) is 0 Å². The molecule has 0 aromatic heterocycles. The molecule has 0 amide bonds. The highest BCUT2D eigenvalue weighted by Crippen LogP contribution is 1.96. The number of unbranched alkanes of at least 4 members (excludes halogenated alkanes) is 2. The van der Waals surface area contributed by atoms with E-state index in [2.05, 4.69) is 13.8 Å². The van der Waals surface area contributed by atoms with Crippen LogP contribution in [0, 0.1) is 6.92 Å². The monoisotopic (exact) mass is 145 g/mol. The number of hydrogen-bond donors (Lipinski definition) is 1. The van der Waals surface area contributed by atoms with Gasteiger partial charge in [0.2, 0.25) is 0 Å². The van der Waals surface area contributed by atoms with E-state index in [1.807, 2.05) is 0 Å². The third kappa shape index (κ3) is 6.05. The number of rotatable bonds is 6. The Balaban J connectivity index is 2.89. The molecule has 0 aliphatic rings. The molecule has 0 aliphatic carbocycles. The summed E-state index contributed by atoms with van der Waals surface area (Å²) in [6, 6.07) is 0. The molecule has 0 aromatic rings. The molecule has 1 N–H and O–H groups in total. The van der Waals surface area contributed by atoms with Crippen molar-refractivity contribution in [3.8, 4) is 0 Å². The fourth-order valence-corrected chi connectivity index (χ4v) is 0.655. The molecule has 1 unspecified atom stereocenters. The Hall–Kier alpha value is -0.0800. The average Bonchev–Trinajstić information content (AvgIpc) is 1.98. The van der Waals surface area contributed by atoms with E-state index in [1.165, 1.54) is 12.8 Å². The van der Waals surface area contributed by atoms with Crippen molar-refractivity contribution in [3.05, 3.63) is 6.92 Å². The van der Waals surface area contributed by atoms with Crippen molar-refractivity contribution in [2.24, 2.45) is 0 Å². The van der Waals surface area contributed by atoms with E-state index < -0.39 is 0 Å². The molecule has 10 heavy (non-hydrogen) atoms. The van der Waals surface area contributed by atoms with Crippen LogP contribution in [0.4, 0.5) is 0 Å². The molecule has 0 bridgehead atoms. The van der Waals surface area contributed by atoms with Crippen LogP contribution < -0.4 is 0 Å². The van der Waals surface area contributed by atoms with Crippen molar-refractivity contribution in [3.63, 3.8) is 0 Å². The van der Waals surface area contributed by atoms with Crippen molar-refractivity contribution in [2.45, 2.75) is 32.3 Å². The molecule has 0 heterocycles. The zero-order chi connectivity index (χ0) is 7.82. The summed E-state index contributed by atoms with van der Waals surface area (Å²) < 4.78 is 5.13. The van der Waals surface area contributed by atoms with Gasteiger partial charge < -0.3 is 9.84 Å². The molecule has 0 saturated carbocycles. The molecule has 0 aromatic carbocycles. The molecule has 0 aliphatic heterocycles. The molecule has 2 nitrogen and oxygen atoms in total. The van der Waals surface area contributed by atoms with Crippen LogP contribution in [-0.4, -0.2) is 24.4 Å². The maximum absolute atomic E-state index is 8.50. The Labute approximate surface area is 63.2 Å². The van der Waals surface area contributed by atoms with Crippen molar-refractivity contribution in [2.75, 3.05) is 13.2 Å². The molecule has 61 valence electrons. The maximum atomic E-state index is 8.50. The molecular formula is C8H17O2. The first kappa shape index (κ1) is 9.92. The normalized spacial score (nSPS) is 13.5. The Morgan fingerprint density at radius 2 is 2.20 bits per heavy atom. The van der Waals surface area contributed by atoms with Crippen molar-refractivity contribution < 1.29 is 9.84 Å². The summed E-state index contributed by atoms with van der Waals surface area (Å²) in [6.45, 7) is 6.47. The van der Waals surface area contributed by atoms with Gasteiger partial charge in [-0.15, -0.1) is 0 Å². The minimum Gasteiger partial charge on any atom is -0.394 e. The number of ether oxygens (including phenoxy) is 1. The lowest BCUT2D eigenvalue weighted by molar-refractivity contribution is 0.0391. The number of aliphatic hydroxyl groups excluding tert-OH is 1. The minimum absolute atomic E-state index is 0.0200. The topological polar surface area (TPSA) is 29.5 Å². The number of hydrogen-bond acceptors (Lipinski definition) is 2. The second-order valence-corrected chi connectivity index (χ2v) is 2.38. The second-order valence-electron chi connectivity index (χ2n) is 2.38. The minimum atomic E-state index is -0.239. The van der Waals surface area contributed by atoms with Gasteiger partial charge in [0.05, 0.1) is 12.7 Å². The highest BCUT2D eigenvalue weighted by molar-refractivity contribution is 4.55. The Bertz CT molecular complexity index is 64.3. The molecule has 2 heteroatoms. The zero-order valence-corrected chi connectivity index (χ0v) is 6.68. The summed E-state index contributed by atoms with van der Waals surface area (Å²) in [7, 11) is 0. The van der Waals surface area contributed by atoms with E-state index in [0.29, 0.717) is 0 Å². The smallest absolute Gasteiger partial charge is 0.0806 e. The largest absolute Gasteiger partial charge is 0.394 e. The summed E-state index contributed by atoms with van der Waals surface area (Å²) in [6.07, 6.45) is 3.22. The van der Waals surface area contributed by atoms with Crippen LogP contribution >= 0.6 is 0 Å². The van der Waals surface area contributed by atoms with Crippen LogP contribution in [0.15, 0.2) is 0 Å². The van der Waals surface area contributed by atoms with Gasteiger partial charge in [-0.05, 0) is 13.3 Å². The fourth-order valence-electron chi connectivity index (χ4n) is 0.655. The van der Waals surface area contributed by atoms with Gasteiger partial charge in [-0.1, -0.05) is 19.8 Å². The third-order valence-corrected chi connectivity index (χ3v) is 1.31. The van der Waals surface area contributed by atoms with Crippen molar-refractivity contribution >= 4 is 0 Å². The first-order chi connectivity index (χ1) is 4.81. The highest BCUT2D eigenvalue weighted by Gasteiger charge is 1.97. The van der Waals surface area contributed by atoms with Gasteiger partial charge in [0.25, 0.3) is 0 Å². The molecule has 0 rings (SSSR count). The molecule has 0 fully saturated rings. The summed E-state index contributed by atoms with van der Waals surface area (Å²) >= 11 is 0. The van der Waals surface area contributed by atoms with Gasteiger partial charge in [0.15, 0.2) is 0 Å². The average molecular weight is 145 g/mol. The van der Waals surface area contributed by atoms with E-state index in [1.54, 1.807) is 0 Å². The maximum Gasteiger partial charge on any atom is 0.0806 e. The Kier molecular flexibility index (Phi) is 6.98. The Morgan fingerprint density at radius 1 is 1.50 bits per heavy atom. The van der Waals surface area contributed by atoms with E-state index in [9.17, 15) is 0 Å². The highest BCUT2D eigenvalue weighted by atomic mass is 16.5. The van der Waals surface area contributed by atoms with Gasteiger partial charge in [-0.25, -0.2) is 0 Å². The fraction of sp³-hybridized carbons (Fsp3) is 0.875. The first-order valence-corrected chi connectivity index (χ1v) is 3.86. The Morgan fingerprint density at radius 3 is 2.70 bits per heavy atom. The van der Waals surface area contributed by atoms with Gasteiger partial charge in [-0.2, -0.15) is 0 Å². The van der Waals surface area contributed by atoms with Crippen LogP contribution in [0.5, 0.6) is 0 Å². The van der Waals surface area contributed by atoms with Crippen LogP contribution in [0.1, 0.15) is 26.2 Å². The zero-order valence-electron chi connectivity index (χ0n) is 6.68. The lowest BCUT2D eigenvalue weighted by atomic mass is 10.3. The number of aliphatic hydroxyl groups is 1. The lowest BCUT2D eigenvalue weighted by Gasteiger charge is -2.08. The molecule has 0 saturated heterocycles. The van der Waals surface area contributed by atoms with Crippen molar-refractivity contribution in [1.29, 1.82) is 0 Å². The van der Waals surface area contributed by atoms with Crippen LogP contribution in [0.2, 0.25) is 0 Å². The lowest BCUT2D eigenvalue weighted by Crippen LogP contribution is -2.13. The van der Waals surface area contributed by atoms with Gasteiger partial charge >= 0.3 is 0 Å². The summed E-state index contributed by atoms with van der Waals surface area (Å²) in [5, 5.41) is 8.50. The van der Waals surface area contributed by atoms with Crippen LogP contribution in [0.25, 0.3) is 0 Å². The SMILES string of the molecule is [CH2]C(CO)OCCCCC. The van der Waals surface area contributed by atoms with E-state index in [4.69, 9.17) is 9.84 Å². The standard InChI is InChI=1S/C8H17O2/c1-3-4-5-6-10-8(2)7-9/h8-9H,2-7H2,1H3. The van der Waals surface area contributed by atoms with E-state index in [0.717, 1.165) is 13.0 Å².